The first-order valence-corrected chi connectivity index (χ1v) is 6.26. The van der Waals surface area contributed by atoms with Gasteiger partial charge in [0.25, 0.3) is 5.24 Å². The molecule has 0 saturated carbocycles. The van der Waals surface area contributed by atoms with Crippen LogP contribution in [0.3, 0.4) is 0 Å². The van der Waals surface area contributed by atoms with E-state index in [1.807, 2.05) is 6.08 Å². The molecule has 1 unspecified atom stereocenters. The minimum Gasteiger partial charge on any atom is -0.276 e. The highest BCUT2D eigenvalue weighted by Gasteiger charge is 2.36. The third-order valence-corrected chi connectivity index (χ3v) is 3.53. The first-order valence-electron chi connectivity index (χ1n) is 5.89. The van der Waals surface area contributed by atoms with Crippen molar-refractivity contribution in [1.29, 1.82) is 0 Å². The Morgan fingerprint density at radius 3 is 2.53 bits per heavy atom. The third-order valence-electron chi connectivity index (χ3n) is 3.33. The second-order valence-electron chi connectivity index (χ2n) is 4.64. The molecule has 0 saturated heterocycles. The number of alkyl halides is 3. The lowest BCUT2D eigenvalue weighted by Crippen LogP contribution is -2.13. The molecule has 1 aliphatic rings. The van der Waals surface area contributed by atoms with E-state index in [0.29, 0.717) is 12.0 Å². The van der Waals surface area contributed by atoms with Crippen LogP contribution in [-0.2, 0) is 6.18 Å². The summed E-state index contributed by atoms with van der Waals surface area (Å²) < 4.78 is 39.3. The summed E-state index contributed by atoms with van der Waals surface area (Å²) in [6, 6.07) is 2.30. The zero-order valence-electron chi connectivity index (χ0n) is 10.2. The summed E-state index contributed by atoms with van der Waals surface area (Å²) in [6.45, 7) is 1.60. The molecule has 0 spiro atoms. The SMILES string of the molecule is Cc1cc(C2C=CCC2)c(C(F)(F)F)cc1C(=O)Cl. The summed E-state index contributed by atoms with van der Waals surface area (Å²) >= 11 is 5.32. The zero-order valence-corrected chi connectivity index (χ0v) is 11.0. The van der Waals surface area contributed by atoms with Gasteiger partial charge in [-0.05, 0) is 48.6 Å². The summed E-state index contributed by atoms with van der Waals surface area (Å²) in [5.74, 6) is -0.241. The monoisotopic (exact) mass is 288 g/mol. The molecule has 2 rings (SSSR count). The number of rotatable bonds is 2. The van der Waals surface area contributed by atoms with Gasteiger partial charge in [0.05, 0.1) is 5.56 Å². The van der Waals surface area contributed by atoms with Crippen molar-refractivity contribution >= 4 is 16.8 Å². The molecule has 0 bridgehead atoms. The molecule has 1 nitrogen and oxygen atoms in total. The topological polar surface area (TPSA) is 17.1 Å². The van der Waals surface area contributed by atoms with Gasteiger partial charge in [-0.25, -0.2) is 0 Å². The first-order chi connectivity index (χ1) is 8.80. The minimum absolute atomic E-state index is 0.0836. The molecule has 0 fully saturated rings. The maximum atomic E-state index is 13.1. The minimum atomic E-state index is -4.49. The van der Waals surface area contributed by atoms with Gasteiger partial charge < -0.3 is 0 Å². The normalized spacial score (nSPS) is 18.9. The Labute approximate surface area is 114 Å². The number of benzene rings is 1. The average molecular weight is 289 g/mol. The maximum absolute atomic E-state index is 13.1. The number of allylic oxidation sites excluding steroid dienone is 2. The Bertz CT molecular complexity index is 546. The summed E-state index contributed by atoms with van der Waals surface area (Å²) in [7, 11) is 0. The Morgan fingerprint density at radius 2 is 2.05 bits per heavy atom. The van der Waals surface area contributed by atoms with Gasteiger partial charge in [0, 0.05) is 11.5 Å². The maximum Gasteiger partial charge on any atom is 0.416 e. The van der Waals surface area contributed by atoms with Gasteiger partial charge in [-0.1, -0.05) is 18.2 Å². The molecule has 0 aromatic heterocycles. The first kappa shape index (κ1) is 14.1. The lowest BCUT2D eigenvalue weighted by molar-refractivity contribution is -0.138. The van der Waals surface area contributed by atoms with Crippen LogP contribution in [0, 0.1) is 6.92 Å². The van der Waals surface area contributed by atoms with Crippen LogP contribution in [0.1, 0.15) is 45.8 Å². The number of carbonyl (C=O) groups excluding carboxylic acids is 1. The average Bonchev–Trinajstić information content (AvgIpc) is 2.79. The fourth-order valence-corrected chi connectivity index (χ4v) is 2.59. The van der Waals surface area contributed by atoms with Crippen LogP contribution in [0.5, 0.6) is 0 Å². The van der Waals surface area contributed by atoms with Crippen molar-refractivity contribution in [2.75, 3.05) is 0 Å². The molecule has 1 atom stereocenters. The van der Waals surface area contributed by atoms with E-state index in [-0.39, 0.29) is 17.0 Å². The molecule has 0 aliphatic heterocycles. The van der Waals surface area contributed by atoms with Crippen molar-refractivity contribution in [3.8, 4) is 0 Å². The fraction of sp³-hybridized carbons (Fsp3) is 0.357. The number of hydrogen-bond donors (Lipinski definition) is 0. The Balaban J connectivity index is 2.61. The van der Waals surface area contributed by atoms with Crippen molar-refractivity contribution in [3.63, 3.8) is 0 Å². The molecule has 0 N–H and O–H groups in total. The van der Waals surface area contributed by atoms with Crippen molar-refractivity contribution in [1.82, 2.24) is 0 Å². The molecule has 1 aliphatic carbocycles. The number of carbonyl (C=O) groups is 1. The Hall–Kier alpha value is -1.29. The lowest BCUT2D eigenvalue weighted by Gasteiger charge is -2.19. The van der Waals surface area contributed by atoms with Gasteiger partial charge in [-0.3, -0.25) is 4.79 Å². The van der Waals surface area contributed by atoms with E-state index in [2.05, 4.69) is 0 Å². The fourth-order valence-electron chi connectivity index (χ4n) is 2.39. The molecular formula is C14H12ClF3O. The summed E-state index contributed by atoms with van der Waals surface area (Å²) in [4.78, 5) is 11.2. The summed E-state index contributed by atoms with van der Waals surface area (Å²) in [6.07, 6.45) is 0.613. The second kappa shape index (κ2) is 5.00. The van der Waals surface area contributed by atoms with E-state index in [1.54, 1.807) is 13.0 Å². The molecule has 1 aromatic carbocycles. The van der Waals surface area contributed by atoms with Crippen molar-refractivity contribution in [2.45, 2.75) is 31.9 Å². The Kier molecular flexibility index (Phi) is 3.72. The van der Waals surface area contributed by atoms with Crippen LogP contribution in [0.4, 0.5) is 13.2 Å². The van der Waals surface area contributed by atoms with Crippen molar-refractivity contribution < 1.29 is 18.0 Å². The molecule has 5 heteroatoms. The van der Waals surface area contributed by atoms with Gasteiger partial charge in [-0.2, -0.15) is 13.2 Å². The number of halogens is 4. The number of hydrogen-bond acceptors (Lipinski definition) is 1. The van der Waals surface area contributed by atoms with E-state index in [9.17, 15) is 18.0 Å². The van der Waals surface area contributed by atoms with E-state index in [4.69, 9.17) is 11.6 Å². The van der Waals surface area contributed by atoms with Gasteiger partial charge in [0.1, 0.15) is 0 Å². The van der Waals surface area contributed by atoms with E-state index < -0.39 is 17.0 Å². The van der Waals surface area contributed by atoms with Gasteiger partial charge in [-0.15, -0.1) is 0 Å². The second-order valence-corrected chi connectivity index (χ2v) is 4.98. The highest BCUT2D eigenvalue weighted by molar-refractivity contribution is 6.67. The van der Waals surface area contributed by atoms with Crippen molar-refractivity contribution in [2.24, 2.45) is 0 Å². The van der Waals surface area contributed by atoms with Gasteiger partial charge in [0.15, 0.2) is 0 Å². The van der Waals surface area contributed by atoms with Crippen molar-refractivity contribution in [3.05, 3.63) is 46.5 Å². The Morgan fingerprint density at radius 1 is 1.37 bits per heavy atom. The van der Waals surface area contributed by atoms with Crippen LogP contribution < -0.4 is 0 Å². The van der Waals surface area contributed by atoms with Gasteiger partial charge >= 0.3 is 6.18 Å². The smallest absolute Gasteiger partial charge is 0.276 e. The van der Waals surface area contributed by atoms with Crippen LogP contribution >= 0.6 is 11.6 Å². The largest absolute Gasteiger partial charge is 0.416 e. The highest BCUT2D eigenvalue weighted by Crippen LogP contribution is 2.40. The standard InChI is InChI=1S/C14H12ClF3O/c1-8-6-11(9-4-2-3-5-9)12(14(16,17)18)7-10(8)13(15)19/h2,4,6-7,9H,3,5H2,1H3. The molecule has 0 amide bonds. The van der Waals surface area contributed by atoms with Crippen LogP contribution in [0.2, 0.25) is 0 Å². The number of aryl methyl sites for hydroxylation is 1. The van der Waals surface area contributed by atoms with Crippen LogP contribution in [-0.4, -0.2) is 5.24 Å². The molecule has 19 heavy (non-hydrogen) atoms. The predicted octanol–water partition coefficient (Wildman–Crippen LogP) is 4.83. The highest BCUT2D eigenvalue weighted by atomic mass is 35.5. The van der Waals surface area contributed by atoms with Crippen LogP contribution in [0.25, 0.3) is 0 Å². The van der Waals surface area contributed by atoms with Gasteiger partial charge in [0.2, 0.25) is 0 Å². The summed E-state index contributed by atoms with van der Waals surface area (Å²) in [5.41, 5.74) is -0.151. The molecule has 0 radical (unpaired) electrons. The van der Waals surface area contributed by atoms with E-state index in [1.165, 1.54) is 6.07 Å². The lowest BCUT2D eigenvalue weighted by atomic mass is 9.90. The van der Waals surface area contributed by atoms with E-state index in [0.717, 1.165) is 12.5 Å². The molecule has 102 valence electrons. The van der Waals surface area contributed by atoms with E-state index >= 15 is 0 Å². The predicted molar refractivity (Wildman–Crippen MR) is 67.5 cm³/mol. The molecule has 0 heterocycles. The molecule has 1 aromatic rings. The third kappa shape index (κ3) is 2.84. The molecular weight excluding hydrogens is 277 g/mol. The van der Waals surface area contributed by atoms with Crippen LogP contribution in [0.15, 0.2) is 24.3 Å². The zero-order chi connectivity index (χ0) is 14.2. The summed E-state index contributed by atoms with van der Waals surface area (Å²) in [5, 5.41) is -0.864. The quantitative estimate of drug-likeness (QED) is 0.563.